The Morgan fingerprint density at radius 2 is 2.17 bits per heavy atom. The van der Waals surface area contributed by atoms with Gasteiger partial charge in [-0.15, -0.1) is 0 Å². The Bertz CT molecular complexity index is 633. The van der Waals surface area contributed by atoms with E-state index in [-0.39, 0.29) is 17.6 Å². The van der Waals surface area contributed by atoms with Crippen LogP contribution in [-0.2, 0) is 16.0 Å². The molecule has 0 radical (unpaired) electrons. The number of nitrogens with one attached hydrogen (secondary N) is 3. The molecule has 8 heteroatoms. The van der Waals surface area contributed by atoms with Gasteiger partial charge in [-0.2, -0.15) is 0 Å². The average molecular weight is 337 g/mol. The molecule has 1 aliphatic rings. The number of ether oxygens (including phenoxy) is 2. The maximum absolute atomic E-state index is 11.6. The highest BCUT2D eigenvalue weighted by atomic mass is 32.1. The van der Waals surface area contributed by atoms with Crippen LogP contribution in [0.5, 0.6) is 5.75 Å². The maximum Gasteiger partial charge on any atom is 0.413 e. The Morgan fingerprint density at radius 1 is 1.39 bits per heavy atom. The van der Waals surface area contributed by atoms with Crippen molar-refractivity contribution in [3.63, 3.8) is 0 Å². The number of carbonyl (C=O) groups is 2. The number of anilines is 2. The lowest BCUT2D eigenvalue weighted by molar-refractivity contribution is -0.116. The summed E-state index contributed by atoms with van der Waals surface area (Å²) in [5.41, 5.74) is 2.33. The monoisotopic (exact) mass is 337 g/mol. The van der Waals surface area contributed by atoms with E-state index >= 15 is 0 Å². The normalized spacial score (nSPS) is 13.2. The highest BCUT2D eigenvalue weighted by Crippen LogP contribution is 2.33. The van der Waals surface area contributed by atoms with Crippen LogP contribution in [0.4, 0.5) is 16.2 Å². The third-order valence-electron chi connectivity index (χ3n) is 3.29. The SMILES string of the molecule is CCOC(=O)NC(=S)Nc1cc2c(cc1OC)NC(=O)CCC2. The molecule has 0 fully saturated rings. The van der Waals surface area contributed by atoms with Crippen LogP contribution in [0.1, 0.15) is 25.3 Å². The van der Waals surface area contributed by atoms with Crippen molar-refractivity contribution >= 4 is 40.7 Å². The maximum atomic E-state index is 11.6. The van der Waals surface area contributed by atoms with E-state index in [1.807, 2.05) is 6.07 Å². The standard InChI is InChI=1S/C15H19N3O4S/c1-3-22-15(20)18-14(23)17-11-7-9-5-4-6-13(19)16-10(9)8-12(11)21-2/h7-8H,3-6H2,1-2H3,(H,16,19)(H2,17,18,20,23). The molecule has 0 bridgehead atoms. The van der Waals surface area contributed by atoms with Crippen molar-refractivity contribution in [2.45, 2.75) is 26.2 Å². The molecule has 1 heterocycles. The fraction of sp³-hybridized carbons (Fsp3) is 0.400. The molecule has 124 valence electrons. The molecule has 0 saturated heterocycles. The summed E-state index contributed by atoms with van der Waals surface area (Å²) in [5, 5.41) is 8.30. The van der Waals surface area contributed by atoms with Gasteiger partial charge in [-0.3, -0.25) is 10.1 Å². The molecule has 1 aromatic carbocycles. The van der Waals surface area contributed by atoms with Gasteiger partial charge < -0.3 is 20.1 Å². The molecule has 1 aromatic rings. The van der Waals surface area contributed by atoms with Gasteiger partial charge in [0.1, 0.15) is 5.75 Å². The third-order valence-corrected chi connectivity index (χ3v) is 3.49. The summed E-state index contributed by atoms with van der Waals surface area (Å²) in [6.45, 7) is 1.97. The van der Waals surface area contributed by atoms with Crippen LogP contribution in [0.25, 0.3) is 0 Å². The van der Waals surface area contributed by atoms with E-state index < -0.39 is 6.09 Å². The van der Waals surface area contributed by atoms with Crippen molar-refractivity contribution in [2.24, 2.45) is 0 Å². The Kier molecular flexibility index (Phi) is 5.75. The smallest absolute Gasteiger partial charge is 0.413 e. The predicted octanol–water partition coefficient (Wildman–Crippen LogP) is 2.41. The Hall–Kier alpha value is -2.35. The van der Waals surface area contributed by atoms with Gasteiger partial charge in [0.15, 0.2) is 5.11 Å². The predicted molar refractivity (Wildman–Crippen MR) is 90.9 cm³/mol. The van der Waals surface area contributed by atoms with Gasteiger partial charge in [-0.05, 0) is 43.6 Å². The number of carbonyl (C=O) groups excluding carboxylic acids is 2. The van der Waals surface area contributed by atoms with Crippen LogP contribution in [0.15, 0.2) is 12.1 Å². The van der Waals surface area contributed by atoms with Crippen LogP contribution >= 0.6 is 12.2 Å². The highest BCUT2D eigenvalue weighted by molar-refractivity contribution is 7.80. The molecule has 0 spiro atoms. The van der Waals surface area contributed by atoms with E-state index in [1.54, 1.807) is 13.0 Å². The van der Waals surface area contributed by atoms with Gasteiger partial charge in [0.2, 0.25) is 5.91 Å². The summed E-state index contributed by atoms with van der Waals surface area (Å²) < 4.78 is 10.1. The zero-order chi connectivity index (χ0) is 16.8. The van der Waals surface area contributed by atoms with E-state index in [9.17, 15) is 9.59 Å². The largest absolute Gasteiger partial charge is 0.494 e. The second-order valence-corrected chi connectivity index (χ2v) is 5.32. The summed E-state index contributed by atoms with van der Waals surface area (Å²) in [5.74, 6) is 0.505. The lowest BCUT2D eigenvalue weighted by atomic mass is 10.1. The first-order valence-corrected chi connectivity index (χ1v) is 7.69. The Morgan fingerprint density at radius 3 is 2.87 bits per heavy atom. The van der Waals surface area contributed by atoms with Gasteiger partial charge in [0.05, 0.1) is 19.4 Å². The number of amides is 2. The first-order valence-electron chi connectivity index (χ1n) is 7.29. The molecule has 2 amide bonds. The minimum atomic E-state index is -0.619. The molecule has 3 N–H and O–H groups in total. The van der Waals surface area contributed by atoms with Gasteiger partial charge >= 0.3 is 6.09 Å². The van der Waals surface area contributed by atoms with E-state index in [2.05, 4.69) is 16.0 Å². The van der Waals surface area contributed by atoms with Crippen molar-refractivity contribution in [1.82, 2.24) is 5.32 Å². The molecule has 7 nitrogen and oxygen atoms in total. The van der Waals surface area contributed by atoms with Crippen LogP contribution in [0.2, 0.25) is 0 Å². The zero-order valence-corrected chi connectivity index (χ0v) is 13.8. The van der Waals surface area contributed by atoms with Gasteiger partial charge in [0, 0.05) is 18.2 Å². The first-order chi connectivity index (χ1) is 11.0. The fourth-order valence-electron chi connectivity index (χ4n) is 2.28. The van der Waals surface area contributed by atoms with Crippen molar-refractivity contribution in [2.75, 3.05) is 24.4 Å². The zero-order valence-electron chi connectivity index (χ0n) is 13.0. The minimum absolute atomic E-state index is 0.00832. The molecule has 23 heavy (non-hydrogen) atoms. The number of benzene rings is 1. The number of hydrogen-bond donors (Lipinski definition) is 3. The Balaban J connectivity index is 2.18. The molecule has 0 aromatic heterocycles. The molecule has 1 aliphatic heterocycles. The summed E-state index contributed by atoms with van der Waals surface area (Å²) in [4.78, 5) is 23.0. The number of aryl methyl sites for hydroxylation is 1. The van der Waals surface area contributed by atoms with Gasteiger partial charge in [0.25, 0.3) is 0 Å². The Labute approximate surface area is 139 Å². The number of hydrogen-bond acceptors (Lipinski definition) is 5. The van der Waals surface area contributed by atoms with E-state index in [0.29, 0.717) is 17.9 Å². The van der Waals surface area contributed by atoms with E-state index in [1.165, 1.54) is 7.11 Å². The number of thiocarbonyl (C=S) groups is 1. The summed E-state index contributed by atoms with van der Waals surface area (Å²) in [6, 6.07) is 3.60. The highest BCUT2D eigenvalue weighted by Gasteiger charge is 2.17. The van der Waals surface area contributed by atoms with Crippen LogP contribution in [-0.4, -0.2) is 30.8 Å². The average Bonchev–Trinajstić information content (AvgIpc) is 2.66. The lowest BCUT2D eigenvalue weighted by Crippen LogP contribution is -2.34. The molecular weight excluding hydrogens is 318 g/mol. The number of methoxy groups -OCH3 is 1. The third kappa shape index (κ3) is 4.56. The first kappa shape index (κ1) is 17.0. The quantitative estimate of drug-likeness (QED) is 0.734. The second kappa shape index (κ2) is 7.77. The summed E-state index contributed by atoms with van der Waals surface area (Å²) in [6.07, 6.45) is 1.41. The van der Waals surface area contributed by atoms with Crippen molar-refractivity contribution < 1.29 is 19.1 Å². The lowest BCUT2D eigenvalue weighted by Gasteiger charge is -2.16. The second-order valence-electron chi connectivity index (χ2n) is 4.91. The van der Waals surface area contributed by atoms with Crippen molar-refractivity contribution in [1.29, 1.82) is 0 Å². The van der Waals surface area contributed by atoms with Crippen LogP contribution in [0.3, 0.4) is 0 Å². The molecule has 0 saturated carbocycles. The molecule has 0 atom stereocenters. The molecular formula is C15H19N3O4S. The van der Waals surface area contributed by atoms with E-state index in [0.717, 1.165) is 24.1 Å². The van der Waals surface area contributed by atoms with Gasteiger partial charge in [-0.25, -0.2) is 4.79 Å². The van der Waals surface area contributed by atoms with Crippen LogP contribution in [0, 0.1) is 0 Å². The fourth-order valence-corrected chi connectivity index (χ4v) is 2.47. The minimum Gasteiger partial charge on any atom is -0.494 e. The molecule has 0 unspecified atom stereocenters. The number of rotatable bonds is 3. The molecule has 2 rings (SSSR count). The molecule has 0 aliphatic carbocycles. The number of alkyl carbamates (subject to hydrolysis) is 1. The van der Waals surface area contributed by atoms with Crippen molar-refractivity contribution in [3.8, 4) is 5.75 Å². The van der Waals surface area contributed by atoms with Crippen molar-refractivity contribution in [3.05, 3.63) is 17.7 Å². The number of fused-ring (bicyclic) bond motifs is 1. The van der Waals surface area contributed by atoms with Gasteiger partial charge in [-0.1, -0.05) is 0 Å². The summed E-state index contributed by atoms with van der Waals surface area (Å²) in [7, 11) is 1.52. The van der Waals surface area contributed by atoms with Crippen LogP contribution < -0.4 is 20.7 Å². The summed E-state index contributed by atoms with van der Waals surface area (Å²) >= 11 is 5.09. The van der Waals surface area contributed by atoms with E-state index in [4.69, 9.17) is 21.7 Å². The topological polar surface area (TPSA) is 88.7 Å².